The van der Waals surface area contributed by atoms with Crippen molar-refractivity contribution in [1.82, 2.24) is 14.5 Å². The molecule has 0 aliphatic carbocycles. The molecule has 0 saturated carbocycles. The van der Waals surface area contributed by atoms with Crippen molar-refractivity contribution in [3.05, 3.63) is 54.1 Å². The molecule has 0 spiro atoms. The summed E-state index contributed by atoms with van der Waals surface area (Å²) in [7, 11) is -0.524. The molecule has 164 valence electrons. The molecule has 0 aliphatic rings. The van der Waals surface area contributed by atoms with E-state index in [9.17, 15) is 13.2 Å². The van der Waals surface area contributed by atoms with Gasteiger partial charge in [0.15, 0.2) is 0 Å². The van der Waals surface area contributed by atoms with E-state index >= 15 is 0 Å². The first-order valence-corrected chi connectivity index (χ1v) is 11.2. The van der Waals surface area contributed by atoms with Crippen LogP contribution in [-0.2, 0) is 10.0 Å². The highest BCUT2D eigenvalue weighted by Gasteiger charge is 2.21. The molecule has 2 aromatic carbocycles. The Morgan fingerprint density at radius 1 is 1.13 bits per heavy atom. The van der Waals surface area contributed by atoms with Crippen LogP contribution in [-0.4, -0.2) is 49.5 Å². The van der Waals surface area contributed by atoms with Crippen molar-refractivity contribution in [3.63, 3.8) is 0 Å². The number of sulfonamides is 1. The van der Waals surface area contributed by atoms with E-state index < -0.39 is 15.9 Å². The summed E-state index contributed by atoms with van der Waals surface area (Å²) in [6.45, 7) is 2.43. The Hall–Kier alpha value is -3.24. The Labute approximate surface area is 181 Å². The first-order chi connectivity index (χ1) is 14.9. The molecule has 0 saturated heterocycles. The highest BCUT2D eigenvalue weighted by Crippen LogP contribution is 2.29. The quantitative estimate of drug-likeness (QED) is 0.538. The third-order valence-electron chi connectivity index (χ3n) is 4.63. The van der Waals surface area contributed by atoms with Gasteiger partial charge in [-0.05, 0) is 42.8 Å². The molecule has 1 aromatic heterocycles. The van der Waals surface area contributed by atoms with Crippen LogP contribution in [0.4, 0.5) is 6.01 Å². The lowest BCUT2D eigenvalue weighted by Gasteiger charge is -2.16. The second kappa shape index (κ2) is 9.71. The first-order valence-electron chi connectivity index (χ1n) is 9.71. The van der Waals surface area contributed by atoms with Crippen LogP contribution < -0.4 is 10.1 Å². The molecular weight excluding hydrogens is 420 g/mol. The predicted molar refractivity (Wildman–Crippen MR) is 115 cm³/mol. The molecule has 0 radical (unpaired) electrons. The molecule has 0 fully saturated rings. The molecule has 0 aliphatic heterocycles. The molecule has 31 heavy (non-hydrogen) atoms. The van der Waals surface area contributed by atoms with Gasteiger partial charge in [-0.3, -0.25) is 10.1 Å². The summed E-state index contributed by atoms with van der Waals surface area (Å²) < 4.78 is 37.3. The zero-order chi connectivity index (χ0) is 22.4. The van der Waals surface area contributed by atoms with Crippen molar-refractivity contribution < 1.29 is 22.4 Å². The molecule has 0 bridgehead atoms. The van der Waals surface area contributed by atoms with Crippen molar-refractivity contribution in [1.29, 1.82) is 0 Å². The fraction of sp³-hybridized carbons (Fsp3) is 0.286. The number of nitrogens with one attached hydrogen (secondary N) is 1. The monoisotopic (exact) mass is 444 g/mol. The minimum absolute atomic E-state index is 0.0816. The third-order valence-corrected chi connectivity index (χ3v) is 6.51. The summed E-state index contributed by atoms with van der Waals surface area (Å²) in [5.41, 5.74) is 0.854. The van der Waals surface area contributed by atoms with Crippen LogP contribution in [0.3, 0.4) is 0 Å². The number of anilines is 1. The Balaban J connectivity index is 1.71. The summed E-state index contributed by atoms with van der Waals surface area (Å²) in [4.78, 5) is 12.6. The second-order valence-electron chi connectivity index (χ2n) is 6.77. The SMILES string of the molecule is CCCCN(C)S(=O)(=O)c1ccc(C(=O)Nc2nnc(-c3ccccc3OC)o2)cc1. The fourth-order valence-corrected chi connectivity index (χ4v) is 4.04. The van der Waals surface area contributed by atoms with E-state index in [0.29, 0.717) is 17.9 Å². The van der Waals surface area contributed by atoms with E-state index in [1.54, 1.807) is 25.2 Å². The number of ether oxygens (including phenoxy) is 1. The van der Waals surface area contributed by atoms with Crippen LogP contribution in [0.2, 0.25) is 0 Å². The molecule has 1 amide bonds. The summed E-state index contributed by atoms with van der Waals surface area (Å²) in [6.07, 6.45) is 1.67. The van der Waals surface area contributed by atoms with Crippen LogP contribution in [0.5, 0.6) is 5.75 Å². The van der Waals surface area contributed by atoms with Gasteiger partial charge in [0.25, 0.3) is 11.8 Å². The van der Waals surface area contributed by atoms with Crippen LogP contribution in [0.25, 0.3) is 11.5 Å². The van der Waals surface area contributed by atoms with Crippen molar-refractivity contribution in [2.45, 2.75) is 24.7 Å². The Kier molecular flexibility index (Phi) is 7.03. The second-order valence-corrected chi connectivity index (χ2v) is 8.82. The molecule has 3 aromatic rings. The van der Waals surface area contributed by atoms with Gasteiger partial charge in [-0.1, -0.05) is 30.6 Å². The Bertz CT molecular complexity index is 1140. The fourth-order valence-electron chi connectivity index (χ4n) is 2.83. The number of hydrogen-bond donors (Lipinski definition) is 1. The van der Waals surface area contributed by atoms with Crippen molar-refractivity contribution in [3.8, 4) is 17.2 Å². The van der Waals surface area contributed by atoms with Gasteiger partial charge < -0.3 is 9.15 Å². The summed E-state index contributed by atoms with van der Waals surface area (Å²) >= 11 is 0. The Morgan fingerprint density at radius 3 is 2.52 bits per heavy atom. The first kappa shape index (κ1) is 22.4. The third kappa shape index (κ3) is 5.09. The summed E-state index contributed by atoms with van der Waals surface area (Å²) in [5, 5.41) is 10.3. The lowest BCUT2D eigenvalue weighted by Crippen LogP contribution is -2.28. The zero-order valence-corrected chi connectivity index (χ0v) is 18.3. The van der Waals surface area contributed by atoms with Crippen LogP contribution in [0.15, 0.2) is 57.8 Å². The maximum atomic E-state index is 12.6. The number of unbranched alkanes of at least 4 members (excludes halogenated alkanes) is 1. The van der Waals surface area contributed by atoms with E-state index in [1.807, 2.05) is 13.0 Å². The van der Waals surface area contributed by atoms with Gasteiger partial charge in [0, 0.05) is 19.2 Å². The number of carbonyl (C=O) groups is 1. The van der Waals surface area contributed by atoms with E-state index in [4.69, 9.17) is 9.15 Å². The lowest BCUT2D eigenvalue weighted by molar-refractivity contribution is 0.102. The number of benzene rings is 2. The van der Waals surface area contributed by atoms with Gasteiger partial charge >= 0.3 is 6.01 Å². The smallest absolute Gasteiger partial charge is 0.322 e. The number of carbonyl (C=O) groups excluding carboxylic acids is 1. The molecular formula is C21H24N4O5S. The predicted octanol–water partition coefficient (Wildman–Crippen LogP) is 3.42. The number of hydrogen-bond acceptors (Lipinski definition) is 7. The number of aromatic nitrogens is 2. The normalized spacial score (nSPS) is 11.5. The van der Waals surface area contributed by atoms with Gasteiger partial charge in [0.2, 0.25) is 10.0 Å². The van der Waals surface area contributed by atoms with Gasteiger partial charge in [-0.25, -0.2) is 12.7 Å². The maximum absolute atomic E-state index is 12.6. The van der Waals surface area contributed by atoms with Crippen molar-refractivity contribution in [2.75, 3.05) is 26.0 Å². The Morgan fingerprint density at radius 2 is 1.84 bits per heavy atom. The zero-order valence-electron chi connectivity index (χ0n) is 17.5. The molecule has 3 rings (SSSR count). The van der Waals surface area contributed by atoms with Crippen LogP contribution in [0.1, 0.15) is 30.1 Å². The topological polar surface area (TPSA) is 115 Å². The average molecular weight is 445 g/mol. The molecule has 0 atom stereocenters. The van der Waals surface area contributed by atoms with Gasteiger partial charge in [0.1, 0.15) is 5.75 Å². The van der Waals surface area contributed by atoms with Gasteiger partial charge in [-0.2, -0.15) is 0 Å². The number of nitrogens with zero attached hydrogens (tertiary/aromatic N) is 3. The van der Waals surface area contributed by atoms with E-state index in [1.165, 1.54) is 35.7 Å². The number of para-hydroxylation sites is 1. The molecule has 1 heterocycles. The van der Waals surface area contributed by atoms with Crippen molar-refractivity contribution in [2.24, 2.45) is 0 Å². The van der Waals surface area contributed by atoms with E-state index in [2.05, 4.69) is 15.5 Å². The highest BCUT2D eigenvalue weighted by atomic mass is 32.2. The van der Waals surface area contributed by atoms with E-state index in [-0.39, 0.29) is 22.4 Å². The average Bonchev–Trinajstić information content (AvgIpc) is 3.25. The van der Waals surface area contributed by atoms with Gasteiger partial charge in [-0.15, -0.1) is 5.10 Å². The minimum atomic E-state index is -3.60. The minimum Gasteiger partial charge on any atom is -0.496 e. The molecule has 9 nitrogen and oxygen atoms in total. The van der Waals surface area contributed by atoms with Crippen molar-refractivity contribution >= 4 is 21.9 Å². The number of amides is 1. The summed E-state index contributed by atoms with van der Waals surface area (Å²) in [5.74, 6) is 0.257. The molecule has 0 unspecified atom stereocenters. The molecule has 10 heteroatoms. The summed E-state index contributed by atoms with van der Waals surface area (Å²) in [6, 6.07) is 12.7. The number of methoxy groups -OCH3 is 1. The highest BCUT2D eigenvalue weighted by molar-refractivity contribution is 7.89. The van der Waals surface area contributed by atoms with Gasteiger partial charge in [0.05, 0.1) is 17.6 Å². The maximum Gasteiger partial charge on any atom is 0.322 e. The van der Waals surface area contributed by atoms with E-state index in [0.717, 1.165) is 12.8 Å². The number of rotatable bonds is 9. The standard InChI is InChI=1S/C21H24N4O5S/c1-4-5-14-25(2)31(27,28)16-12-10-15(11-13-16)19(26)22-21-24-23-20(30-21)17-8-6-7-9-18(17)29-3/h6-13H,4-5,14H2,1-3H3,(H,22,24,26). The molecule has 1 N–H and O–H groups in total. The van der Waals surface area contributed by atoms with Crippen LogP contribution >= 0.6 is 0 Å². The lowest BCUT2D eigenvalue weighted by atomic mass is 10.2. The largest absolute Gasteiger partial charge is 0.496 e. The van der Waals surface area contributed by atoms with Crippen LogP contribution in [0, 0.1) is 0 Å².